The van der Waals surface area contributed by atoms with Crippen LogP contribution in [0.25, 0.3) is 0 Å². The first kappa shape index (κ1) is 22.6. The largest absolute Gasteiger partial charge is 0.381 e. The molecular weight excluding hydrogens is 463 g/mol. The zero-order chi connectivity index (χ0) is 19.0. The monoisotopic (exact) mass is 494 g/mol. The van der Waals surface area contributed by atoms with E-state index in [0.29, 0.717) is 0 Å². The number of hydrogen-bond donors (Lipinski definition) is 2. The van der Waals surface area contributed by atoms with Crippen molar-refractivity contribution in [2.75, 3.05) is 33.4 Å². The summed E-state index contributed by atoms with van der Waals surface area (Å²) >= 11 is 0. The highest BCUT2D eigenvalue weighted by atomic mass is 127. The van der Waals surface area contributed by atoms with Gasteiger partial charge in [0.1, 0.15) is 0 Å². The number of pyridine rings is 1. The molecule has 0 radical (unpaired) electrons. The minimum Gasteiger partial charge on any atom is -0.381 e. The Hall–Kier alpha value is -1.67. The van der Waals surface area contributed by atoms with E-state index in [4.69, 9.17) is 4.74 Å². The Morgan fingerprint density at radius 3 is 2.54 bits per heavy atom. The molecule has 5 nitrogen and oxygen atoms in total. The fourth-order valence-corrected chi connectivity index (χ4v) is 3.80. The van der Waals surface area contributed by atoms with Gasteiger partial charge in [-0.1, -0.05) is 30.3 Å². The summed E-state index contributed by atoms with van der Waals surface area (Å²) in [4.78, 5) is 8.76. The molecule has 0 amide bonds. The molecule has 6 heteroatoms. The van der Waals surface area contributed by atoms with Crippen molar-refractivity contribution in [3.63, 3.8) is 0 Å². The maximum absolute atomic E-state index is 5.65. The fourth-order valence-electron chi connectivity index (χ4n) is 3.80. The maximum atomic E-state index is 5.65. The van der Waals surface area contributed by atoms with Crippen LogP contribution in [-0.4, -0.2) is 44.3 Å². The van der Waals surface area contributed by atoms with Gasteiger partial charge in [-0.3, -0.25) is 9.98 Å². The number of nitrogens with zero attached hydrogens (tertiary/aromatic N) is 2. The topological polar surface area (TPSA) is 58.5 Å². The fraction of sp³-hybridized carbons (Fsp3) is 0.455. The zero-order valence-corrected chi connectivity index (χ0v) is 19.1. The van der Waals surface area contributed by atoms with Crippen molar-refractivity contribution in [1.82, 2.24) is 15.6 Å². The minimum atomic E-state index is 0. The number of nitrogens with one attached hydrogen (secondary N) is 2. The predicted molar refractivity (Wildman–Crippen MR) is 126 cm³/mol. The van der Waals surface area contributed by atoms with Gasteiger partial charge < -0.3 is 15.4 Å². The van der Waals surface area contributed by atoms with Gasteiger partial charge in [0.2, 0.25) is 0 Å². The molecule has 0 atom stereocenters. The lowest BCUT2D eigenvalue weighted by Gasteiger charge is -2.39. The summed E-state index contributed by atoms with van der Waals surface area (Å²) in [6, 6.07) is 14.7. The molecule has 28 heavy (non-hydrogen) atoms. The van der Waals surface area contributed by atoms with Crippen molar-refractivity contribution >= 4 is 29.9 Å². The molecule has 2 heterocycles. The number of hydrogen-bond acceptors (Lipinski definition) is 3. The molecule has 1 saturated heterocycles. The van der Waals surface area contributed by atoms with Gasteiger partial charge >= 0.3 is 0 Å². The van der Waals surface area contributed by atoms with E-state index in [1.807, 2.05) is 31.4 Å². The van der Waals surface area contributed by atoms with Crippen LogP contribution in [-0.2, 0) is 16.6 Å². The summed E-state index contributed by atoms with van der Waals surface area (Å²) < 4.78 is 5.65. The van der Waals surface area contributed by atoms with Crippen molar-refractivity contribution in [1.29, 1.82) is 0 Å². The average Bonchev–Trinajstić information content (AvgIpc) is 2.72. The van der Waals surface area contributed by atoms with Gasteiger partial charge in [0, 0.05) is 57.1 Å². The van der Waals surface area contributed by atoms with Crippen molar-refractivity contribution in [2.45, 2.75) is 31.6 Å². The Balaban J connectivity index is 0.00000280. The molecule has 1 aliphatic heterocycles. The summed E-state index contributed by atoms with van der Waals surface area (Å²) in [5.41, 5.74) is 3.94. The molecule has 0 bridgehead atoms. The number of benzene rings is 1. The summed E-state index contributed by atoms with van der Waals surface area (Å²) in [7, 11) is 1.82. The Labute approximate surface area is 185 Å². The SMILES string of the molecule is CN=C(NCCc1ccccn1)NCC1(c2ccccc2C)CCOCC1.I. The molecule has 0 saturated carbocycles. The third-order valence-corrected chi connectivity index (χ3v) is 5.38. The molecule has 1 aromatic heterocycles. The van der Waals surface area contributed by atoms with E-state index in [2.05, 4.69) is 51.8 Å². The summed E-state index contributed by atoms with van der Waals surface area (Å²) in [5, 5.41) is 6.96. The van der Waals surface area contributed by atoms with Gasteiger partial charge in [-0.25, -0.2) is 0 Å². The summed E-state index contributed by atoms with van der Waals surface area (Å²) in [6.45, 7) is 5.47. The van der Waals surface area contributed by atoms with Gasteiger partial charge in [-0.05, 0) is 43.0 Å². The Kier molecular flexibility index (Phi) is 9.18. The first-order valence-electron chi connectivity index (χ1n) is 9.72. The number of halogens is 1. The molecule has 1 aliphatic rings. The standard InChI is InChI=1S/C22H30N4O.HI/c1-18-7-3-4-9-20(18)22(11-15-27-16-12-22)17-26-21(23-2)25-14-10-19-8-5-6-13-24-19;/h3-9,13H,10-12,14-17H2,1-2H3,(H2,23,25,26);1H. The first-order valence-corrected chi connectivity index (χ1v) is 9.72. The molecule has 1 aromatic carbocycles. The van der Waals surface area contributed by atoms with Crippen molar-refractivity contribution < 1.29 is 4.74 Å². The Bertz CT molecular complexity index is 745. The van der Waals surface area contributed by atoms with Crippen LogP contribution in [0.2, 0.25) is 0 Å². The van der Waals surface area contributed by atoms with E-state index in [1.165, 1.54) is 11.1 Å². The highest BCUT2D eigenvalue weighted by Crippen LogP contribution is 2.36. The average molecular weight is 494 g/mol. The molecule has 0 aliphatic carbocycles. The van der Waals surface area contributed by atoms with E-state index < -0.39 is 0 Å². The van der Waals surface area contributed by atoms with Crippen LogP contribution in [0, 0.1) is 6.92 Å². The normalized spacial score (nSPS) is 16.1. The lowest BCUT2D eigenvalue weighted by Crippen LogP contribution is -2.48. The van der Waals surface area contributed by atoms with Crippen LogP contribution in [0.4, 0.5) is 0 Å². The minimum absolute atomic E-state index is 0. The summed E-state index contributed by atoms with van der Waals surface area (Å²) in [6.07, 6.45) is 4.75. The number of ether oxygens (including phenoxy) is 1. The number of aryl methyl sites for hydroxylation is 1. The smallest absolute Gasteiger partial charge is 0.191 e. The van der Waals surface area contributed by atoms with Crippen molar-refractivity contribution in [2.24, 2.45) is 4.99 Å². The van der Waals surface area contributed by atoms with E-state index in [-0.39, 0.29) is 29.4 Å². The van der Waals surface area contributed by atoms with Gasteiger partial charge in [-0.2, -0.15) is 0 Å². The molecule has 1 fully saturated rings. The number of guanidine groups is 1. The number of aliphatic imine (C=N–C) groups is 1. The van der Waals surface area contributed by atoms with Gasteiger partial charge in [0.05, 0.1) is 0 Å². The lowest BCUT2D eigenvalue weighted by atomic mass is 9.72. The second-order valence-electron chi connectivity index (χ2n) is 7.13. The van der Waals surface area contributed by atoms with Crippen molar-refractivity contribution in [3.8, 4) is 0 Å². The molecule has 152 valence electrons. The van der Waals surface area contributed by atoms with E-state index >= 15 is 0 Å². The first-order chi connectivity index (χ1) is 13.2. The highest BCUT2D eigenvalue weighted by molar-refractivity contribution is 14.0. The number of aromatic nitrogens is 1. The van der Waals surface area contributed by atoms with Crippen LogP contribution in [0.3, 0.4) is 0 Å². The third kappa shape index (κ3) is 5.91. The van der Waals surface area contributed by atoms with Crippen LogP contribution in [0.15, 0.2) is 53.7 Å². The maximum Gasteiger partial charge on any atom is 0.191 e. The molecule has 0 spiro atoms. The van der Waals surface area contributed by atoms with Crippen LogP contribution >= 0.6 is 24.0 Å². The zero-order valence-electron chi connectivity index (χ0n) is 16.8. The summed E-state index contributed by atoms with van der Waals surface area (Å²) in [5.74, 6) is 0.838. The molecular formula is C22H31IN4O. The molecule has 0 unspecified atom stereocenters. The van der Waals surface area contributed by atoms with Crippen LogP contribution in [0.5, 0.6) is 0 Å². The highest BCUT2D eigenvalue weighted by Gasteiger charge is 2.35. The van der Waals surface area contributed by atoms with Crippen LogP contribution < -0.4 is 10.6 Å². The van der Waals surface area contributed by atoms with Crippen molar-refractivity contribution in [3.05, 3.63) is 65.5 Å². The van der Waals surface area contributed by atoms with E-state index in [0.717, 1.165) is 57.2 Å². The molecule has 2 N–H and O–H groups in total. The second-order valence-corrected chi connectivity index (χ2v) is 7.13. The number of rotatable bonds is 6. The lowest BCUT2D eigenvalue weighted by molar-refractivity contribution is 0.0512. The van der Waals surface area contributed by atoms with Gasteiger partial charge in [-0.15, -0.1) is 24.0 Å². The van der Waals surface area contributed by atoms with E-state index in [1.54, 1.807) is 0 Å². The second kappa shape index (κ2) is 11.4. The van der Waals surface area contributed by atoms with E-state index in [9.17, 15) is 0 Å². The quantitative estimate of drug-likeness (QED) is 0.367. The van der Waals surface area contributed by atoms with Crippen LogP contribution in [0.1, 0.15) is 29.7 Å². The van der Waals surface area contributed by atoms with Gasteiger partial charge in [0.25, 0.3) is 0 Å². The molecule has 2 aromatic rings. The van der Waals surface area contributed by atoms with Gasteiger partial charge in [0.15, 0.2) is 5.96 Å². The molecule has 3 rings (SSSR count). The Morgan fingerprint density at radius 1 is 1.11 bits per heavy atom. The Morgan fingerprint density at radius 2 is 1.86 bits per heavy atom. The third-order valence-electron chi connectivity index (χ3n) is 5.38. The predicted octanol–water partition coefficient (Wildman–Crippen LogP) is 3.46.